The topological polar surface area (TPSA) is 71.2 Å². The monoisotopic (exact) mass is 223 g/mol. The Labute approximate surface area is 82.3 Å². The number of hydrogen-bond acceptors (Lipinski definition) is 5. The molecule has 0 spiro atoms. The van der Waals surface area contributed by atoms with E-state index < -0.39 is 24.1 Å². The summed E-state index contributed by atoms with van der Waals surface area (Å²) in [4.78, 5) is 3.22. The van der Waals surface area contributed by atoms with Crippen LogP contribution in [0.2, 0.25) is 0 Å². The van der Waals surface area contributed by atoms with E-state index in [1.165, 1.54) is 0 Å². The normalized spacial score (nSPS) is 27.2. The minimum absolute atomic E-state index is 0.140. The summed E-state index contributed by atoms with van der Waals surface area (Å²) in [6.45, 7) is 0.314. The summed E-state index contributed by atoms with van der Waals surface area (Å²) in [5, 5.41) is 14.8. The van der Waals surface area contributed by atoms with Crippen LogP contribution in [0.4, 0.5) is 13.2 Å². The van der Waals surface area contributed by atoms with Gasteiger partial charge in [-0.05, 0) is 6.42 Å². The van der Waals surface area contributed by atoms with E-state index in [2.05, 4.69) is 20.0 Å². The molecule has 1 aromatic rings. The molecule has 1 fully saturated rings. The fraction of sp³-hybridized carbons (Fsp3) is 0.714. The van der Waals surface area contributed by atoms with Crippen LogP contribution < -0.4 is 5.32 Å². The van der Waals surface area contributed by atoms with Crippen molar-refractivity contribution in [3.8, 4) is 0 Å². The third-order valence-corrected chi connectivity index (χ3v) is 2.10. The van der Waals surface area contributed by atoms with Crippen molar-refractivity contribution in [2.24, 2.45) is 0 Å². The summed E-state index contributed by atoms with van der Waals surface area (Å²) in [7, 11) is 0. The zero-order chi connectivity index (χ0) is 11.1. The van der Waals surface area contributed by atoms with Crippen LogP contribution >= 0.6 is 0 Å². The van der Waals surface area contributed by atoms with E-state index >= 15 is 0 Å². The Morgan fingerprint density at radius 2 is 2.20 bits per heavy atom. The molecule has 8 heteroatoms. The average Bonchev–Trinajstić information content (AvgIpc) is 2.69. The zero-order valence-electron chi connectivity index (χ0n) is 7.45. The second-order valence-electron chi connectivity index (χ2n) is 3.30. The van der Waals surface area contributed by atoms with Crippen LogP contribution in [0.15, 0.2) is 4.52 Å². The molecule has 1 unspecified atom stereocenters. The van der Waals surface area contributed by atoms with Crippen LogP contribution in [-0.2, 0) is 6.18 Å². The summed E-state index contributed by atoms with van der Waals surface area (Å²) in [6.07, 6.45) is -4.91. The lowest BCUT2D eigenvalue weighted by atomic mass is 10.2. The van der Waals surface area contributed by atoms with E-state index in [1.807, 2.05) is 0 Å². The first-order valence-electron chi connectivity index (χ1n) is 4.29. The first kappa shape index (κ1) is 10.4. The van der Waals surface area contributed by atoms with Gasteiger partial charge in [-0.3, -0.25) is 0 Å². The van der Waals surface area contributed by atoms with Crippen molar-refractivity contribution in [2.45, 2.75) is 24.7 Å². The van der Waals surface area contributed by atoms with E-state index in [4.69, 9.17) is 5.11 Å². The molecule has 5 nitrogen and oxygen atoms in total. The van der Waals surface area contributed by atoms with Crippen molar-refractivity contribution in [3.63, 3.8) is 0 Å². The second kappa shape index (κ2) is 3.46. The summed E-state index contributed by atoms with van der Waals surface area (Å²) in [5.74, 6) is -1.43. The van der Waals surface area contributed by atoms with Gasteiger partial charge in [0.05, 0.1) is 12.1 Å². The number of aliphatic hydroxyl groups is 1. The minimum Gasteiger partial charge on any atom is -0.392 e. The third-order valence-electron chi connectivity index (χ3n) is 2.10. The number of alkyl halides is 3. The maximum atomic E-state index is 12.1. The summed E-state index contributed by atoms with van der Waals surface area (Å²) in [5.41, 5.74) is 0. The van der Waals surface area contributed by atoms with Crippen molar-refractivity contribution in [2.75, 3.05) is 6.54 Å². The highest BCUT2D eigenvalue weighted by Crippen LogP contribution is 2.29. The second-order valence-corrected chi connectivity index (χ2v) is 3.30. The van der Waals surface area contributed by atoms with Crippen molar-refractivity contribution in [1.29, 1.82) is 0 Å². The molecule has 1 aliphatic rings. The largest absolute Gasteiger partial charge is 0.455 e. The molecule has 1 aliphatic heterocycles. The van der Waals surface area contributed by atoms with Crippen LogP contribution in [0.5, 0.6) is 0 Å². The first-order valence-corrected chi connectivity index (χ1v) is 4.29. The zero-order valence-corrected chi connectivity index (χ0v) is 7.45. The van der Waals surface area contributed by atoms with Gasteiger partial charge in [0.15, 0.2) is 0 Å². The van der Waals surface area contributed by atoms with E-state index in [1.54, 1.807) is 0 Å². The Bertz CT molecular complexity index is 351. The highest BCUT2D eigenvalue weighted by atomic mass is 19.4. The fourth-order valence-electron chi connectivity index (χ4n) is 1.40. The third kappa shape index (κ3) is 2.10. The number of halogens is 3. The van der Waals surface area contributed by atoms with Crippen LogP contribution in [-0.4, -0.2) is 27.9 Å². The predicted molar refractivity (Wildman–Crippen MR) is 40.7 cm³/mol. The van der Waals surface area contributed by atoms with Crippen LogP contribution in [0, 0.1) is 0 Å². The van der Waals surface area contributed by atoms with Gasteiger partial charge in [-0.1, -0.05) is 5.16 Å². The molecule has 0 bridgehead atoms. The van der Waals surface area contributed by atoms with E-state index in [0.717, 1.165) is 0 Å². The maximum absolute atomic E-state index is 12.1. The molecule has 1 saturated heterocycles. The van der Waals surface area contributed by atoms with E-state index in [-0.39, 0.29) is 12.3 Å². The lowest BCUT2D eigenvalue weighted by molar-refractivity contribution is -0.146. The van der Waals surface area contributed by atoms with Gasteiger partial charge in [0.2, 0.25) is 5.89 Å². The molecule has 2 atom stereocenters. The Kier molecular flexibility index (Phi) is 2.39. The molecule has 15 heavy (non-hydrogen) atoms. The lowest BCUT2D eigenvalue weighted by Gasteiger charge is -2.01. The highest BCUT2D eigenvalue weighted by molar-refractivity contribution is 4.99. The molecular weight excluding hydrogens is 215 g/mol. The van der Waals surface area contributed by atoms with Gasteiger partial charge in [0.25, 0.3) is 5.82 Å². The molecule has 1 aromatic heterocycles. The quantitative estimate of drug-likeness (QED) is 0.724. The predicted octanol–water partition coefficient (Wildman–Crippen LogP) is 0.484. The van der Waals surface area contributed by atoms with Gasteiger partial charge >= 0.3 is 6.18 Å². The van der Waals surface area contributed by atoms with Crippen molar-refractivity contribution in [1.82, 2.24) is 15.5 Å². The van der Waals surface area contributed by atoms with Crippen molar-refractivity contribution < 1.29 is 22.8 Å². The molecular formula is C7H8F3N3O2. The molecule has 0 saturated carbocycles. The summed E-state index contributed by atoms with van der Waals surface area (Å²) < 4.78 is 40.8. The Morgan fingerprint density at radius 3 is 2.67 bits per heavy atom. The molecule has 0 amide bonds. The van der Waals surface area contributed by atoms with E-state index in [0.29, 0.717) is 6.54 Å². The van der Waals surface area contributed by atoms with Gasteiger partial charge in [0, 0.05) is 6.54 Å². The SMILES string of the molecule is OC1CN[C@H](c2nc(C(F)(F)F)no2)C1. The van der Waals surface area contributed by atoms with Gasteiger partial charge in [0.1, 0.15) is 0 Å². The van der Waals surface area contributed by atoms with Crippen LogP contribution in [0.25, 0.3) is 0 Å². The highest BCUT2D eigenvalue weighted by Gasteiger charge is 2.39. The van der Waals surface area contributed by atoms with Gasteiger partial charge in [-0.25, -0.2) is 0 Å². The van der Waals surface area contributed by atoms with E-state index in [9.17, 15) is 13.2 Å². The number of aromatic nitrogens is 2. The number of rotatable bonds is 1. The minimum atomic E-state index is -4.60. The summed E-state index contributed by atoms with van der Waals surface area (Å²) >= 11 is 0. The molecule has 0 aromatic carbocycles. The smallest absolute Gasteiger partial charge is 0.392 e. The number of nitrogens with one attached hydrogen (secondary N) is 1. The molecule has 0 radical (unpaired) electrons. The number of β-amino-alcohol motifs (C(OH)–C–C–N with tert-alkyl or cyclic N) is 1. The Balaban J connectivity index is 2.14. The number of aliphatic hydroxyl groups excluding tert-OH is 1. The van der Waals surface area contributed by atoms with Crippen molar-refractivity contribution in [3.05, 3.63) is 11.7 Å². The van der Waals surface area contributed by atoms with Gasteiger partial charge < -0.3 is 14.9 Å². The van der Waals surface area contributed by atoms with Gasteiger partial charge in [-0.2, -0.15) is 18.2 Å². The standard InChI is InChI=1S/C7H8F3N3O2/c8-7(9,10)6-12-5(15-13-6)4-1-3(14)2-11-4/h3-4,11,14H,1-2H2/t3?,4-/m0/s1. The summed E-state index contributed by atoms with van der Waals surface area (Å²) in [6, 6.07) is -0.497. The molecule has 2 rings (SSSR count). The molecule has 2 N–H and O–H groups in total. The molecule has 84 valence electrons. The number of nitrogens with zero attached hydrogens (tertiary/aromatic N) is 2. The maximum Gasteiger partial charge on any atom is 0.455 e. The molecule has 2 heterocycles. The fourth-order valence-corrected chi connectivity index (χ4v) is 1.40. The van der Waals surface area contributed by atoms with Gasteiger partial charge in [-0.15, -0.1) is 0 Å². The average molecular weight is 223 g/mol. The first-order chi connectivity index (χ1) is 6.97. The van der Waals surface area contributed by atoms with Crippen molar-refractivity contribution >= 4 is 0 Å². The molecule has 0 aliphatic carbocycles. The number of hydrogen-bond donors (Lipinski definition) is 2. The van der Waals surface area contributed by atoms with Crippen LogP contribution in [0.3, 0.4) is 0 Å². The van der Waals surface area contributed by atoms with Crippen LogP contribution in [0.1, 0.15) is 24.2 Å². The Morgan fingerprint density at radius 1 is 1.47 bits per heavy atom. The Hall–Kier alpha value is -1.15. The lowest BCUT2D eigenvalue weighted by Crippen LogP contribution is -2.15.